The molecule has 0 bridgehead atoms. The Labute approximate surface area is 127 Å². The van der Waals surface area contributed by atoms with E-state index in [0.717, 1.165) is 12.8 Å². The number of alkyl halides is 1. The summed E-state index contributed by atoms with van der Waals surface area (Å²) < 4.78 is 5.07. The summed E-state index contributed by atoms with van der Waals surface area (Å²) in [6.45, 7) is 0.630. The smallest absolute Gasteiger partial charge is 0.255 e. The van der Waals surface area contributed by atoms with Gasteiger partial charge < -0.3 is 15.2 Å². The van der Waals surface area contributed by atoms with E-state index in [0.29, 0.717) is 23.0 Å². The average Bonchev–Trinajstić information content (AvgIpc) is 2.46. The highest BCUT2D eigenvalue weighted by atomic mass is 79.9. The molecule has 1 fully saturated rings. The number of amides is 1. The Bertz CT molecular complexity index is 478. The molecule has 1 aliphatic carbocycles. The summed E-state index contributed by atoms with van der Waals surface area (Å²) in [4.78, 5) is 12.6. The van der Waals surface area contributed by atoms with E-state index in [9.17, 15) is 9.90 Å². The van der Waals surface area contributed by atoms with Gasteiger partial charge in [-0.05, 0) is 37.0 Å². The van der Waals surface area contributed by atoms with Gasteiger partial charge in [0.05, 0.1) is 12.7 Å². The normalized spacial score (nSPS) is 22.3. The summed E-state index contributed by atoms with van der Waals surface area (Å²) >= 11 is 3.68. The second-order valence-corrected chi connectivity index (χ2v) is 6.33. The van der Waals surface area contributed by atoms with Crippen LogP contribution in [0.4, 0.5) is 0 Å². The van der Waals surface area contributed by atoms with E-state index < -0.39 is 0 Å². The molecule has 0 aromatic heterocycles. The van der Waals surface area contributed by atoms with Crippen molar-refractivity contribution in [1.29, 1.82) is 0 Å². The summed E-state index contributed by atoms with van der Waals surface area (Å²) in [6.07, 6.45) is 4.75. The van der Waals surface area contributed by atoms with Crippen LogP contribution in [0, 0.1) is 5.92 Å². The highest BCUT2D eigenvalue weighted by Crippen LogP contribution is 2.29. The van der Waals surface area contributed by atoms with Crippen LogP contribution in [0.15, 0.2) is 18.2 Å². The first-order chi connectivity index (χ1) is 9.61. The van der Waals surface area contributed by atoms with Crippen molar-refractivity contribution in [3.8, 4) is 11.5 Å². The number of phenols is 1. The number of nitrogens with one attached hydrogen (secondary N) is 1. The van der Waals surface area contributed by atoms with Crippen molar-refractivity contribution in [2.24, 2.45) is 5.92 Å². The predicted molar refractivity (Wildman–Crippen MR) is 81.7 cm³/mol. The molecule has 0 aliphatic heterocycles. The maximum Gasteiger partial charge on any atom is 0.255 e. The molecule has 20 heavy (non-hydrogen) atoms. The largest absolute Gasteiger partial charge is 0.507 e. The third-order valence-electron chi connectivity index (χ3n) is 3.79. The van der Waals surface area contributed by atoms with E-state index in [-0.39, 0.29) is 17.2 Å². The summed E-state index contributed by atoms with van der Waals surface area (Å²) in [5.74, 6) is 0.735. The molecule has 2 unspecified atom stereocenters. The SMILES string of the molecule is COc1ccc(O)c(C(=O)NCC2CCCCC2Br)c1. The number of carbonyl (C=O) groups excluding carboxylic acids is 1. The number of ether oxygens (including phenoxy) is 1. The van der Waals surface area contributed by atoms with Crippen LogP contribution in [0.1, 0.15) is 36.0 Å². The van der Waals surface area contributed by atoms with Gasteiger partial charge in [0.2, 0.25) is 0 Å². The van der Waals surface area contributed by atoms with Crippen molar-refractivity contribution < 1.29 is 14.6 Å². The molecule has 0 heterocycles. The molecular formula is C15H20BrNO3. The van der Waals surface area contributed by atoms with Gasteiger partial charge in [-0.15, -0.1) is 0 Å². The monoisotopic (exact) mass is 341 g/mol. The van der Waals surface area contributed by atoms with Gasteiger partial charge in [0.15, 0.2) is 0 Å². The van der Waals surface area contributed by atoms with E-state index in [1.54, 1.807) is 12.1 Å². The topological polar surface area (TPSA) is 58.6 Å². The van der Waals surface area contributed by atoms with Crippen molar-refractivity contribution >= 4 is 21.8 Å². The van der Waals surface area contributed by atoms with Gasteiger partial charge in [-0.3, -0.25) is 4.79 Å². The Morgan fingerprint density at radius 1 is 1.45 bits per heavy atom. The molecule has 0 radical (unpaired) electrons. The quantitative estimate of drug-likeness (QED) is 0.827. The lowest BCUT2D eigenvalue weighted by Crippen LogP contribution is -2.34. The second kappa shape index (κ2) is 6.97. The molecule has 2 rings (SSSR count). The van der Waals surface area contributed by atoms with Gasteiger partial charge in [0, 0.05) is 11.4 Å². The maximum absolute atomic E-state index is 12.1. The molecule has 110 valence electrons. The second-order valence-electron chi connectivity index (χ2n) is 5.15. The van der Waals surface area contributed by atoms with Crippen LogP contribution < -0.4 is 10.1 Å². The summed E-state index contributed by atoms with van der Waals surface area (Å²) in [6, 6.07) is 4.65. The van der Waals surface area contributed by atoms with Gasteiger partial charge in [0.25, 0.3) is 5.91 Å². The molecule has 4 nitrogen and oxygen atoms in total. The lowest BCUT2D eigenvalue weighted by molar-refractivity contribution is 0.0941. The number of hydrogen-bond acceptors (Lipinski definition) is 3. The van der Waals surface area contributed by atoms with Crippen molar-refractivity contribution in [3.05, 3.63) is 23.8 Å². The van der Waals surface area contributed by atoms with Crippen LogP contribution in [0.25, 0.3) is 0 Å². The van der Waals surface area contributed by atoms with Crippen molar-refractivity contribution in [3.63, 3.8) is 0 Å². The van der Waals surface area contributed by atoms with E-state index in [2.05, 4.69) is 21.2 Å². The highest BCUT2D eigenvalue weighted by molar-refractivity contribution is 9.09. The molecule has 2 atom stereocenters. The molecular weight excluding hydrogens is 322 g/mol. The Balaban J connectivity index is 1.97. The van der Waals surface area contributed by atoms with Crippen LogP contribution in [0.3, 0.4) is 0 Å². The molecule has 5 heteroatoms. The molecule has 1 aromatic carbocycles. The van der Waals surface area contributed by atoms with Gasteiger partial charge >= 0.3 is 0 Å². The molecule has 1 saturated carbocycles. The zero-order valence-corrected chi connectivity index (χ0v) is 13.1. The number of benzene rings is 1. The number of methoxy groups -OCH3 is 1. The molecule has 2 N–H and O–H groups in total. The minimum atomic E-state index is -0.258. The van der Waals surface area contributed by atoms with Crippen LogP contribution >= 0.6 is 15.9 Å². The predicted octanol–water partition coefficient (Wildman–Crippen LogP) is 3.08. The average molecular weight is 342 g/mol. The Morgan fingerprint density at radius 3 is 2.90 bits per heavy atom. The fraction of sp³-hybridized carbons (Fsp3) is 0.533. The van der Waals surface area contributed by atoms with E-state index >= 15 is 0 Å². The molecule has 1 aromatic rings. The third kappa shape index (κ3) is 3.66. The van der Waals surface area contributed by atoms with Crippen molar-refractivity contribution in [2.45, 2.75) is 30.5 Å². The fourth-order valence-corrected chi connectivity index (χ4v) is 3.31. The number of aromatic hydroxyl groups is 1. The highest BCUT2D eigenvalue weighted by Gasteiger charge is 2.23. The van der Waals surface area contributed by atoms with E-state index in [1.807, 2.05) is 0 Å². The Morgan fingerprint density at radius 2 is 2.20 bits per heavy atom. The summed E-state index contributed by atoms with van der Waals surface area (Å²) in [7, 11) is 1.53. The van der Waals surface area contributed by atoms with Crippen molar-refractivity contribution in [1.82, 2.24) is 5.32 Å². The zero-order valence-electron chi connectivity index (χ0n) is 11.6. The zero-order chi connectivity index (χ0) is 14.5. The van der Waals surface area contributed by atoms with Gasteiger partial charge in [0.1, 0.15) is 11.5 Å². The van der Waals surface area contributed by atoms with Gasteiger partial charge in [-0.25, -0.2) is 0 Å². The van der Waals surface area contributed by atoms with Crippen LogP contribution in [0.5, 0.6) is 11.5 Å². The molecule has 1 aliphatic rings. The van der Waals surface area contributed by atoms with Crippen LogP contribution in [-0.4, -0.2) is 29.5 Å². The summed E-state index contributed by atoms with van der Waals surface area (Å²) in [5.41, 5.74) is 0.256. The van der Waals surface area contributed by atoms with Crippen LogP contribution in [-0.2, 0) is 0 Å². The lowest BCUT2D eigenvalue weighted by atomic mass is 9.89. The van der Waals surface area contributed by atoms with Gasteiger partial charge in [-0.2, -0.15) is 0 Å². The first kappa shape index (κ1) is 15.2. The number of hydrogen-bond donors (Lipinski definition) is 2. The first-order valence-corrected chi connectivity index (χ1v) is 7.82. The molecule has 1 amide bonds. The number of rotatable bonds is 4. The number of phenolic OH excluding ortho intramolecular Hbond substituents is 1. The van der Waals surface area contributed by atoms with E-state index in [1.165, 1.54) is 26.0 Å². The molecule has 0 saturated heterocycles. The minimum absolute atomic E-state index is 0.0256. The van der Waals surface area contributed by atoms with Crippen LogP contribution in [0.2, 0.25) is 0 Å². The standard InChI is InChI=1S/C15H20BrNO3/c1-20-11-6-7-14(18)12(8-11)15(19)17-9-10-4-2-3-5-13(10)16/h6-8,10,13,18H,2-5,9H2,1H3,(H,17,19). The maximum atomic E-state index is 12.1. The lowest BCUT2D eigenvalue weighted by Gasteiger charge is -2.27. The fourth-order valence-electron chi connectivity index (χ4n) is 2.54. The number of carbonyl (C=O) groups is 1. The van der Waals surface area contributed by atoms with E-state index in [4.69, 9.17) is 4.74 Å². The Kier molecular flexibility index (Phi) is 5.29. The van der Waals surface area contributed by atoms with Gasteiger partial charge in [-0.1, -0.05) is 28.8 Å². The first-order valence-electron chi connectivity index (χ1n) is 6.91. The number of halogens is 1. The molecule has 0 spiro atoms. The third-order valence-corrected chi connectivity index (χ3v) is 4.99. The minimum Gasteiger partial charge on any atom is -0.507 e. The Hall–Kier alpha value is -1.23. The van der Waals surface area contributed by atoms with Crippen molar-refractivity contribution in [2.75, 3.05) is 13.7 Å². The summed E-state index contributed by atoms with van der Waals surface area (Å²) in [5, 5.41) is 12.7.